The van der Waals surface area contributed by atoms with Crippen LogP contribution >= 0.6 is 22.7 Å². The lowest BCUT2D eigenvalue weighted by molar-refractivity contribution is 0.0965. The highest BCUT2D eigenvalue weighted by Crippen LogP contribution is 2.28. The summed E-state index contributed by atoms with van der Waals surface area (Å²) in [6.45, 7) is 0. The lowest BCUT2D eigenvalue weighted by atomic mass is 10.3. The molecule has 0 fully saturated rings. The number of pyridine rings is 1. The molecule has 5 aromatic rings. The van der Waals surface area contributed by atoms with Gasteiger partial charge in [0, 0.05) is 29.5 Å². The van der Waals surface area contributed by atoms with Gasteiger partial charge in [-0.15, -0.1) is 22.7 Å². The molecular formula is C15H9N7O2S2. The van der Waals surface area contributed by atoms with Gasteiger partial charge in [0.05, 0.1) is 10.4 Å². The third kappa shape index (κ3) is 2.50. The fourth-order valence-corrected chi connectivity index (χ4v) is 4.12. The Hall–Kier alpha value is -3.31. The van der Waals surface area contributed by atoms with Crippen LogP contribution in [0.1, 0.15) is 9.67 Å². The average molecular weight is 383 g/mol. The number of fused-ring (bicyclic) bond motifs is 3. The molecule has 0 radical (unpaired) electrons. The van der Waals surface area contributed by atoms with Gasteiger partial charge in [-0.1, -0.05) is 5.16 Å². The van der Waals surface area contributed by atoms with Crippen LogP contribution in [0.4, 0.5) is 6.01 Å². The van der Waals surface area contributed by atoms with Crippen LogP contribution in [0.25, 0.3) is 26.7 Å². The van der Waals surface area contributed by atoms with Crippen molar-refractivity contribution in [2.45, 2.75) is 0 Å². The Labute approximate surface area is 153 Å². The summed E-state index contributed by atoms with van der Waals surface area (Å²) in [5.74, 6) is 0.0973. The van der Waals surface area contributed by atoms with Crippen LogP contribution in [0, 0.1) is 0 Å². The van der Waals surface area contributed by atoms with Crippen LogP contribution in [-0.4, -0.2) is 30.4 Å². The smallest absolute Gasteiger partial charge is 0.313 e. The van der Waals surface area contributed by atoms with Gasteiger partial charge in [0.25, 0.3) is 5.91 Å². The van der Waals surface area contributed by atoms with E-state index in [2.05, 4.69) is 31.0 Å². The first-order valence-corrected chi connectivity index (χ1v) is 9.13. The quantitative estimate of drug-likeness (QED) is 0.459. The number of hydrazine groups is 1. The first-order chi connectivity index (χ1) is 12.8. The van der Waals surface area contributed by atoms with Gasteiger partial charge in [0.1, 0.15) is 4.83 Å². The number of aromatic nitrogens is 5. The van der Waals surface area contributed by atoms with Crippen molar-refractivity contribution < 1.29 is 9.32 Å². The van der Waals surface area contributed by atoms with E-state index in [-0.39, 0.29) is 11.9 Å². The monoisotopic (exact) mass is 383 g/mol. The largest absolute Gasteiger partial charge is 0.340 e. The molecule has 0 atom stereocenters. The molecular weight excluding hydrogens is 374 g/mol. The maximum Gasteiger partial charge on any atom is 0.340 e. The first-order valence-electron chi connectivity index (χ1n) is 7.43. The first kappa shape index (κ1) is 15.0. The molecule has 0 spiro atoms. The van der Waals surface area contributed by atoms with Gasteiger partial charge in [-0.25, -0.2) is 10.4 Å². The summed E-state index contributed by atoms with van der Waals surface area (Å²) in [5, 5.41) is 5.81. The molecule has 5 heterocycles. The highest BCUT2D eigenvalue weighted by atomic mass is 32.1. The van der Waals surface area contributed by atoms with Gasteiger partial charge in [0.15, 0.2) is 4.96 Å². The molecule has 5 rings (SSSR count). The van der Waals surface area contributed by atoms with Crippen molar-refractivity contribution in [3.05, 3.63) is 47.0 Å². The van der Waals surface area contributed by atoms with E-state index in [4.69, 9.17) is 4.52 Å². The van der Waals surface area contributed by atoms with Crippen LogP contribution in [-0.2, 0) is 0 Å². The molecule has 0 unspecified atom stereocenters. The zero-order chi connectivity index (χ0) is 17.5. The second kappa shape index (κ2) is 5.89. The number of carbonyl (C=O) groups is 1. The topological polar surface area (TPSA) is 110 Å². The summed E-state index contributed by atoms with van der Waals surface area (Å²) >= 11 is 2.88. The summed E-state index contributed by atoms with van der Waals surface area (Å²) in [6.07, 6.45) is 5.21. The number of thiophene rings is 1. The lowest BCUT2D eigenvalue weighted by Gasteiger charge is -2.01. The predicted molar refractivity (Wildman–Crippen MR) is 97.1 cm³/mol. The maximum absolute atomic E-state index is 12.3. The van der Waals surface area contributed by atoms with Gasteiger partial charge < -0.3 is 4.52 Å². The molecule has 1 amide bonds. The second-order valence-corrected chi connectivity index (χ2v) is 7.11. The number of carbonyl (C=O) groups excluding carboxylic acids is 1. The predicted octanol–water partition coefficient (Wildman–Crippen LogP) is 2.81. The number of thiazole rings is 1. The van der Waals surface area contributed by atoms with Crippen LogP contribution in [0.5, 0.6) is 0 Å². The molecule has 0 bridgehead atoms. The number of hydrogen-bond acceptors (Lipinski definition) is 9. The van der Waals surface area contributed by atoms with Crippen LogP contribution in [0.15, 0.2) is 46.7 Å². The zero-order valence-electron chi connectivity index (χ0n) is 12.9. The third-order valence-electron chi connectivity index (χ3n) is 3.61. The standard InChI is InChI=1S/C15H9N7O2S2/c23-12(10-7-9-13(26-10)18-15-22(9)5-6-25-15)19-20-14-17-11(21-24-14)8-1-3-16-4-2-8/h1-7H,(H,19,23)(H,17,20,21). The zero-order valence-corrected chi connectivity index (χ0v) is 14.5. The van der Waals surface area contributed by atoms with Gasteiger partial charge in [-0.3, -0.25) is 19.6 Å². The van der Waals surface area contributed by atoms with Crippen molar-refractivity contribution in [1.82, 2.24) is 29.9 Å². The maximum atomic E-state index is 12.3. The Kier molecular flexibility index (Phi) is 3.40. The Morgan fingerprint density at radius 2 is 2.12 bits per heavy atom. The van der Waals surface area contributed by atoms with Crippen LogP contribution < -0.4 is 10.9 Å². The Morgan fingerprint density at radius 1 is 1.23 bits per heavy atom. The molecule has 128 valence electrons. The average Bonchev–Trinajstić information content (AvgIpc) is 3.41. The van der Waals surface area contributed by atoms with E-state index in [9.17, 15) is 4.79 Å². The minimum atomic E-state index is -0.305. The third-order valence-corrected chi connectivity index (χ3v) is 5.38. The molecule has 9 nitrogen and oxygen atoms in total. The number of hydrogen-bond donors (Lipinski definition) is 2. The van der Waals surface area contributed by atoms with E-state index in [1.165, 1.54) is 11.3 Å². The summed E-state index contributed by atoms with van der Waals surface area (Å²) in [4.78, 5) is 27.2. The van der Waals surface area contributed by atoms with E-state index in [1.807, 2.05) is 16.0 Å². The van der Waals surface area contributed by atoms with E-state index >= 15 is 0 Å². The summed E-state index contributed by atoms with van der Waals surface area (Å²) < 4.78 is 7.04. The van der Waals surface area contributed by atoms with Crippen molar-refractivity contribution in [1.29, 1.82) is 0 Å². The van der Waals surface area contributed by atoms with Gasteiger partial charge >= 0.3 is 6.01 Å². The molecule has 2 N–H and O–H groups in total. The summed E-state index contributed by atoms with van der Waals surface area (Å²) in [5.41, 5.74) is 6.86. The molecule has 0 saturated carbocycles. The SMILES string of the molecule is O=C(NNc1nc(-c2ccncc2)no1)c1cc2c(nc3sccn32)s1. The molecule has 0 aliphatic carbocycles. The van der Waals surface area contributed by atoms with Gasteiger partial charge in [-0.05, 0) is 18.2 Å². The summed E-state index contributed by atoms with van der Waals surface area (Å²) in [6, 6.07) is 5.42. The Balaban J connectivity index is 1.31. The minimum absolute atomic E-state index is 0.0912. The molecule has 0 aliphatic rings. The van der Waals surface area contributed by atoms with Crippen molar-refractivity contribution in [3.8, 4) is 11.4 Å². The van der Waals surface area contributed by atoms with Crippen LogP contribution in [0.2, 0.25) is 0 Å². The Bertz CT molecular complexity index is 1220. The van der Waals surface area contributed by atoms with Crippen LogP contribution in [0.3, 0.4) is 0 Å². The summed E-state index contributed by atoms with van der Waals surface area (Å²) in [7, 11) is 0. The number of nitrogens with zero attached hydrogens (tertiary/aromatic N) is 5. The van der Waals surface area contributed by atoms with Crippen molar-refractivity contribution in [2.24, 2.45) is 0 Å². The normalized spacial score (nSPS) is 11.2. The molecule has 0 aromatic carbocycles. The molecule has 11 heteroatoms. The molecule has 5 aromatic heterocycles. The fourth-order valence-electron chi connectivity index (χ4n) is 2.42. The lowest BCUT2D eigenvalue weighted by Crippen LogP contribution is -2.28. The Morgan fingerprint density at radius 3 is 3.00 bits per heavy atom. The van der Waals surface area contributed by atoms with Crippen molar-refractivity contribution in [2.75, 3.05) is 5.43 Å². The number of nitrogens with one attached hydrogen (secondary N) is 2. The highest BCUT2D eigenvalue weighted by molar-refractivity contribution is 7.21. The number of rotatable bonds is 4. The number of amides is 1. The number of anilines is 1. The fraction of sp³-hybridized carbons (Fsp3) is 0. The molecule has 0 aliphatic heterocycles. The number of imidazole rings is 1. The molecule has 26 heavy (non-hydrogen) atoms. The highest BCUT2D eigenvalue weighted by Gasteiger charge is 2.16. The van der Waals surface area contributed by atoms with Crippen molar-refractivity contribution in [3.63, 3.8) is 0 Å². The van der Waals surface area contributed by atoms with E-state index < -0.39 is 0 Å². The second-order valence-electron chi connectivity index (χ2n) is 5.21. The van der Waals surface area contributed by atoms with Gasteiger partial charge in [-0.2, -0.15) is 4.98 Å². The minimum Gasteiger partial charge on any atom is -0.313 e. The van der Waals surface area contributed by atoms with Crippen molar-refractivity contribution >= 4 is 49.9 Å². The van der Waals surface area contributed by atoms with E-state index in [1.54, 1.807) is 41.9 Å². The van der Waals surface area contributed by atoms with Gasteiger partial charge in [0.2, 0.25) is 5.82 Å². The molecule has 0 saturated heterocycles. The van der Waals surface area contributed by atoms with E-state index in [0.29, 0.717) is 10.7 Å². The van der Waals surface area contributed by atoms with E-state index in [0.717, 1.165) is 20.9 Å².